The first-order valence-corrected chi connectivity index (χ1v) is 12.0. The van der Waals surface area contributed by atoms with Gasteiger partial charge in [0.25, 0.3) is 0 Å². The van der Waals surface area contributed by atoms with Gasteiger partial charge in [0, 0.05) is 18.3 Å². The molecule has 0 saturated carbocycles. The van der Waals surface area contributed by atoms with Crippen LogP contribution in [0.3, 0.4) is 0 Å². The van der Waals surface area contributed by atoms with E-state index in [1.165, 1.54) is 42.6 Å². The van der Waals surface area contributed by atoms with Crippen LogP contribution in [0.1, 0.15) is 47.8 Å². The first kappa shape index (κ1) is 21.9. The highest BCUT2D eigenvalue weighted by Gasteiger charge is 2.26. The molecule has 1 aliphatic heterocycles. The molecule has 162 valence electrons. The van der Waals surface area contributed by atoms with Gasteiger partial charge in [-0.05, 0) is 67.1 Å². The van der Waals surface area contributed by atoms with Crippen molar-refractivity contribution < 1.29 is 4.74 Å². The Balaban J connectivity index is 1.55. The van der Waals surface area contributed by atoms with E-state index in [1.54, 1.807) is 0 Å². The molecule has 3 heteroatoms. The molecule has 3 aromatic carbocycles. The number of nitrogens with zero attached hydrogens (tertiary/aromatic N) is 1. The SMILES string of the molecule is ClCCC(c1ccccc1)C(c1ccccc1)c1ccc(OCCN2CCCC2)cc1. The van der Waals surface area contributed by atoms with Crippen molar-refractivity contribution in [1.29, 1.82) is 0 Å². The fourth-order valence-corrected chi connectivity index (χ4v) is 4.97. The molecular weight excluding hydrogens is 402 g/mol. The molecule has 1 fully saturated rings. The van der Waals surface area contributed by atoms with E-state index >= 15 is 0 Å². The van der Waals surface area contributed by atoms with E-state index in [-0.39, 0.29) is 5.92 Å². The van der Waals surface area contributed by atoms with E-state index in [9.17, 15) is 0 Å². The summed E-state index contributed by atoms with van der Waals surface area (Å²) in [6.07, 6.45) is 3.57. The highest BCUT2D eigenvalue weighted by Crippen LogP contribution is 2.41. The Hall–Kier alpha value is -2.29. The number of halogens is 1. The maximum absolute atomic E-state index is 6.28. The van der Waals surface area contributed by atoms with Gasteiger partial charge in [-0.25, -0.2) is 0 Å². The number of ether oxygens (including phenoxy) is 1. The summed E-state index contributed by atoms with van der Waals surface area (Å²) in [5, 5.41) is 0. The molecule has 0 amide bonds. The third-order valence-corrected chi connectivity index (χ3v) is 6.54. The van der Waals surface area contributed by atoms with Crippen LogP contribution >= 0.6 is 11.6 Å². The molecule has 0 aliphatic carbocycles. The van der Waals surface area contributed by atoms with Gasteiger partial charge < -0.3 is 4.74 Å². The average molecular weight is 434 g/mol. The Bertz CT molecular complexity index is 891. The van der Waals surface area contributed by atoms with Gasteiger partial charge in [0.1, 0.15) is 12.4 Å². The van der Waals surface area contributed by atoms with Gasteiger partial charge >= 0.3 is 0 Å². The lowest BCUT2D eigenvalue weighted by Crippen LogP contribution is -2.25. The molecule has 0 aromatic heterocycles. The predicted octanol–water partition coefficient (Wildman–Crippen LogP) is 6.71. The fraction of sp³-hybridized carbons (Fsp3) is 0.357. The van der Waals surface area contributed by atoms with Crippen molar-refractivity contribution in [1.82, 2.24) is 4.90 Å². The van der Waals surface area contributed by atoms with Crippen LogP contribution in [0.15, 0.2) is 84.9 Å². The maximum atomic E-state index is 6.28. The van der Waals surface area contributed by atoms with Crippen molar-refractivity contribution >= 4 is 11.6 Å². The summed E-state index contributed by atoms with van der Waals surface area (Å²) in [5.74, 6) is 2.16. The normalized spacial score (nSPS) is 16.2. The molecule has 2 atom stereocenters. The van der Waals surface area contributed by atoms with Crippen LogP contribution < -0.4 is 4.74 Å². The number of alkyl halides is 1. The third kappa shape index (κ3) is 5.90. The lowest BCUT2D eigenvalue weighted by atomic mass is 9.76. The van der Waals surface area contributed by atoms with Crippen LogP contribution in [0, 0.1) is 0 Å². The molecule has 1 saturated heterocycles. The molecule has 2 nitrogen and oxygen atoms in total. The summed E-state index contributed by atoms with van der Waals surface area (Å²) >= 11 is 6.28. The molecule has 0 radical (unpaired) electrons. The second kappa shape index (κ2) is 11.4. The second-order valence-corrected chi connectivity index (χ2v) is 8.73. The lowest BCUT2D eigenvalue weighted by molar-refractivity contribution is 0.237. The van der Waals surface area contributed by atoms with Crippen LogP contribution in [0.4, 0.5) is 0 Å². The summed E-state index contributed by atoms with van der Waals surface area (Å²) < 4.78 is 6.04. The number of benzene rings is 3. The fourth-order valence-electron chi connectivity index (χ4n) is 4.73. The minimum Gasteiger partial charge on any atom is -0.492 e. The standard InChI is InChI=1S/C28H32ClNO/c29-18-17-27(23-9-3-1-4-10-23)28(24-11-5-2-6-12-24)25-13-15-26(16-14-25)31-22-21-30-19-7-8-20-30/h1-6,9-16,27-28H,7-8,17-22H2. The van der Waals surface area contributed by atoms with E-state index < -0.39 is 0 Å². The Morgan fingerprint density at radius 1 is 0.742 bits per heavy atom. The summed E-state index contributed by atoms with van der Waals surface area (Å²) in [6.45, 7) is 4.19. The minimum atomic E-state index is 0.251. The molecule has 0 N–H and O–H groups in total. The molecular formula is C28H32ClNO. The summed E-state index contributed by atoms with van der Waals surface area (Å²) in [7, 11) is 0. The number of hydrogen-bond acceptors (Lipinski definition) is 2. The third-order valence-electron chi connectivity index (χ3n) is 6.32. The number of likely N-dealkylation sites (tertiary alicyclic amines) is 1. The molecule has 0 bridgehead atoms. The van der Waals surface area contributed by atoms with E-state index in [4.69, 9.17) is 16.3 Å². The number of rotatable bonds is 10. The van der Waals surface area contributed by atoms with Crippen molar-refractivity contribution in [3.63, 3.8) is 0 Å². The summed E-state index contributed by atoms with van der Waals surface area (Å²) in [4.78, 5) is 2.48. The Labute approximate surface area is 191 Å². The smallest absolute Gasteiger partial charge is 0.119 e. The van der Waals surface area contributed by atoms with Crippen molar-refractivity contribution in [2.75, 3.05) is 32.1 Å². The second-order valence-electron chi connectivity index (χ2n) is 8.35. The van der Waals surface area contributed by atoms with Gasteiger partial charge in [0.05, 0.1) is 0 Å². The Morgan fingerprint density at radius 2 is 1.32 bits per heavy atom. The van der Waals surface area contributed by atoms with Gasteiger partial charge in [-0.1, -0.05) is 72.8 Å². The minimum absolute atomic E-state index is 0.251. The van der Waals surface area contributed by atoms with Crippen LogP contribution in [-0.4, -0.2) is 37.0 Å². The van der Waals surface area contributed by atoms with Crippen molar-refractivity contribution in [3.05, 3.63) is 102 Å². The molecule has 4 rings (SSSR count). The first-order chi connectivity index (χ1) is 15.3. The van der Waals surface area contributed by atoms with Gasteiger partial charge in [-0.15, -0.1) is 11.6 Å². The zero-order valence-electron chi connectivity index (χ0n) is 18.1. The summed E-state index contributed by atoms with van der Waals surface area (Å²) in [5.41, 5.74) is 3.96. The number of hydrogen-bond donors (Lipinski definition) is 0. The highest BCUT2D eigenvalue weighted by atomic mass is 35.5. The van der Waals surface area contributed by atoms with Crippen LogP contribution in [-0.2, 0) is 0 Å². The molecule has 3 aromatic rings. The first-order valence-electron chi connectivity index (χ1n) is 11.5. The molecule has 1 heterocycles. The lowest BCUT2D eigenvalue weighted by Gasteiger charge is -2.28. The molecule has 2 unspecified atom stereocenters. The van der Waals surface area contributed by atoms with Crippen molar-refractivity contribution in [3.8, 4) is 5.75 Å². The molecule has 31 heavy (non-hydrogen) atoms. The average Bonchev–Trinajstić information content (AvgIpc) is 3.35. The monoisotopic (exact) mass is 433 g/mol. The van der Waals surface area contributed by atoms with E-state index in [1.807, 2.05) is 0 Å². The predicted molar refractivity (Wildman–Crippen MR) is 130 cm³/mol. The van der Waals surface area contributed by atoms with Gasteiger partial charge in [-0.3, -0.25) is 4.90 Å². The molecule has 0 spiro atoms. The zero-order valence-corrected chi connectivity index (χ0v) is 18.9. The largest absolute Gasteiger partial charge is 0.492 e. The van der Waals surface area contributed by atoms with Gasteiger partial charge in [0.2, 0.25) is 0 Å². The maximum Gasteiger partial charge on any atom is 0.119 e. The van der Waals surface area contributed by atoms with Gasteiger partial charge in [-0.2, -0.15) is 0 Å². The van der Waals surface area contributed by atoms with Crippen molar-refractivity contribution in [2.45, 2.75) is 31.1 Å². The zero-order chi connectivity index (χ0) is 21.3. The topological polar surface area (TPSA) is 12.5 Å². The van der Waals surface area contributed by atoms with E-state index in [0.29, 0.717) is 11.8 Å². The van der Waals surface area contributed by atoms with Crippen molar-refractivity contribution in [2.24, 2.45) is 0 Å². The van der Waals surface area contributed by atoms with E-state index in [2.05, 4.69) is 89.8 Å². The van der Waals surface area contributed by atoms with E-state index in [0.717, 1.165) is 25.3 Å². The Kier molecular flexibility index (Phi) is 8.04. The quantitative estimate of drug-likeness (QED) is 0.329. The highest BCUT2D eigenvalue weighted by molar-refractivity contribution is 6.17. The van der Waals surface area contributed by atoms with Crippen LogP contribution in [0.25, 0.3) is 0 Å². The summed E-state index contributed by atoms with van der Waals surface area (Å²) in [6, 6.07) is 30.3. The Morgan fingerprint density at radius 3 is 1.94 bits per heavy atom. The van der Waals surface area contributed by atoms with Gasteiger partial charge in [0.15, 0.2) is 0 Å². The molecule has 1 aliphatic rings. The van der Waals surface area contributed by atoms with Crippen LogP contribution in [0.5, 0.6) is 5.75 Å². The van der Waals surface area contributed by atoms with Crippen LogP contribution in [0.2, 0.25) is 0 Å².